The van der Waals surface area contributed by atoms with E-state index >= 15 is 0 Å². The number of allylic oxidation sites excluding steroid dienone is 2. The van der Waals surface area contributed by atoms with Crippen LogP contribution in [0.1, 0.15) is 76.2 Å². The Morgan fingerprint density at radius 2 is 1.26 bits per heavy atom. The molecule has 320 valence electrons. The highest BCUT2D eigenvalue weighted by Gasteiger charge is 2.32. The van der Waals surface area contributed by atoms with Gasteiger partial charge in [0.25, 0.3) is 0 Å². The number of nitrogens with one attached hydrogen (secondary N) is 3. The first-order chi connectivity index (χ1) is 29.7. The Morgan fingerprint density at radius 3 is 1.90 bits per heavy atom. The van der Waals surface area contributed by atoms with E-state index in [4.69, 9.17) is 0 Å². The molecule has 0 bridgehead atoms. The Morgan fingerprint density at radius 1 is 0.672 bits per heavy atom. The molecular formula is C51H65N7O2S+2. The fraction of sp³-hybridized carbons (Fsp3) is 0.392. The number of quaternary nitrogens is 1. The minimum atomic E-state index is 0.133. The highest BCUT2D eigenvalue weighted by atomic mass is 32.2. The molecular weight excluding hydrogens is 775 g/mol. The summed E-state index contributed by atoms with van der Waals surface area (Å²) in [5.74, 6) is 0.270. The Kier molecular flexibility index (Phi) is 15.0. The van der Waals surface area contributed by atoms with Crippen molar-refractivity contribution >= 4 is 73.7 Å². The fourth-order valence-electron chi connectivity index (χ4n) is 8.52. The minimum absolute atomic E-state index is 0.133. The highest BCUT2D eigenvalue weighted by Crippen LogP contribution is 2.42. The van der Waals surface area contributed by atoms with Crippen LogP contribution >= 0.6 is 11.8 Å². The third kappa shape index (κ3) is 11.0. The SMILES string of the molecule is CN(C)c1ccc2cc3ccc(N(C)C)cc3[n+](CCCCCC(=O)NCCCCCNC(=O)CCCCCN3C=C/C(=C4\Sc5ccccc5[NH+]4C)c4ccccc43)c2c1. The molecule has 0 aliphatic carbocycles. The van der Waals surface area contributed by atoms with Crippen molar-refractivity contribution in [2.75, 3.05) is 69.6 Å². The lowest BCUT2D eigenvalue weighted by Gasteiger charge is -2.28. The Hall–Kier alpha value is -5.32. The molecule has 9 nitrogen and oxygen atoms in total. The number of carbonyl (C=O) groups excluding carboxylic acids is 2. The van der Waals surface area contributed by atoms with Gasteiger partial charge < -0.3 is 25.3 Å². The Labute approximate surface area is 367 Å². The van der Waals surface area contributed by atoms with Crippen molar-refractivity contribution in [1.29, 1.82) is 0 Å². The summed E-state index contributed by atoms with van der Waals surface area (Å²) >= 11 is 1.88. The van der Waals surface area contributed by atoms with Crippen LogP contribution in [0.15, 0.2) is 113 Å². The van der Waals surface area contributed by atoms with Crippen molar-refractivity contribution in [3.05, 3.63) is 114 Å². The smallest absolute Gasteiger partial charge is 0.219 e. The molecule has 10 heteroatoms. The van der Waals surface area contributed by atoms with Crippen LogP contribution < -0.4 is 34.8 Å². The number of aryl methyl sites for hydroxylation is 1. The van der Waals surface area contributed by atoms with Gasteiger partial charge in [-0.05, 0) is 105 Å². The molecule has 2 aliphatic heterocycles. The van der Waals surface area contributed by atoms with Gasteiger partial charge >= 0.3 is 0 Å². The molecule has 0 saturated carbocycles. The van der Waals surface area contributed by atoms with Gasteiger partial charge in [0.15, 0.2) is 10.7 Å². The van der Waals surface area contributed by atoms with E-state index in [0.29, 0.717) is 25.9 Å². The van der Waals surface area contributed by atoms with E-state index in [2.05, 4.69) is 168 Å². The summed E-state index contributed by atoms with van der Waals surface area (Å²) in [6, 6.07) is 33.1. The van der Waals surface area contributed by atoms with Gasteiger partial charge in [0.2, 0.25) is 22.8 Å². The first-order valence-corrected chi connectivity index (χ1v) is 23.2. The average Bonchev–Trinajstić information content (AvgIpc) is 3.60. The molecule has 61 heavy (non-hydrogen) atoms. The number of hydrogen-bond donors (Lipinski definition) is 3. The quantitative estimate of drug-likeness (QED) is 0.0415. The number of anilines is 3. The third-order valence-corrected chi connectivity index (χ3v) is 13.4. The number of carbonyl (C=O) groups is 2. The van der Waals surface area contributed by atoms with E-state index in [1.807, 2.05) is 11.8 Å². The highest BCUT2D eigenvalue weighted by molar-refractivity contribution is 8.03. The molecule has 1 aromatic heterocycles. The molecule has 4 aromatic carbocycles. The van der Waals surface area contributed by atoms with E-state index < -0.39 is 0 Å². The molecule has 0 fully saturated rings. The number of rotatable bonds is 20. The number of thioether (sulfide) groups is 1. The monoisotopic (exact) mass is 839 g/mol. The molecule has 1 atom stereocenters. The maximum absolute atomic E-state index is 12.6. The summed E-state index contributed by atoms with van der Waals surface area (Å²) in [5.41, 5.74) is 10.0. The number of benzene rings is 4. The van der Waals surface area contributed by atoms with Crippen molar-refractivity contribution in [3.8, 4) is 0 Å². The van der Waals surface area contributed by atoms with Crippen LogP contribution in [0.4, 0.5) is 22.7 Å². The molecule has 0 radical (unpaired) electrons. The first-order valence-electron chi connectivity index (χ1n) is 22.4. The maximum Gasteiger partial charge on any atom is 0.219 e. The van der Waals surface area contributed by atoms with E-state index in [1.54, 1.807) is 0 Å². The summed E-state index contributed by atoms with van der Waals surface area (Å²) in [6.07, 6.45) is 14.3. The van der Waals surface area contributed by atoms with Crippen LogP contribution in [-0.4, -0.2) is 66.7 Å². The molecule has 1 unspecified atom stereocenters. The average molecular weight is 840 g/mol. The summed E-state index contributed by atoms with van der Waals surface area (Å²) in [4.78, 5) is 34.5. The van der Waals surface area contributed by atoms with E-state index in [0.717, 1.165) is 70.9 Å². The Bertz CT molecular complexity index is 2320. The van der Waals surface area contributed by atoms with Crippen LogP contribution in [0, 0.1) is 0 Å². The summed E-state index contributed by atoms with van der Waals surface area (Å²) < 4.78 is 2.46. The number of unbranched alkanes of at least 4 members (excludes halogenated alkanes) is 6. The van der Waals surface area contributed by atoms with Crippen LogP contribution in [0.3, 0.4) is 0 Å². The maximum atomic E-state index is 12.6. The van der Waals surface area contributed by atoms with Gasteiger partial charge in [-0.2, -0.15) is 4.57 Å². The van der Waals surface area contributed by atoms with Crippen LogP contribution in [-0.2, 0) is 16.1 Å². The molecule has 2 amide bonds. The van der Waals surface area contributed by atoms with Crippen molar-refractivity contribution < 1.29 is 19.1 Å². The van der Waals surface area contributed by atoms with Gasteiger partial charge in [-0.15, -0.1) is 0 Å². The van der Waals surface area contributed by atoms with Gasteiger partial charge in [-0.25, -0.2) is 0 Å². The summed E-state index contributed by atoms with van der Waals surface area (Å²) in [5, 5.41) is 10.0. The lowest BCUT2D eigenvalue weighted by atomic mass is 10.00. The number of nitrogens with zero attached hydrogens (tertiary/aromatic N) is 4. The number of fused-ring (bicyclic) bond motifs is 4. The lowest BCUT2D eigenvalue weighted by Crippen LogP contribution is -3.00. The molecule has 0 saturated heterocycles. The Balaban J connectivity index is 0.742. The molecule has 0 spiro atoms. The topological polar surface area (TPSA) is 76.2 Å². The predicted molar refractivity (Wildman–Crippen MR) is 256 cm³/mol. The van der Waals surface area contributed by atoms with Gasteiger partial charge in [-0.3, -0.25) is 14.5 Å². The number of pyridine rings is 1. The zero-order valence-electron chi connectivity index (χ0n) is 36.9. The second kappa shape index (κ2) is 21.0. The zero-order chi connectivity index (χ0) is 42.7. The number of amides is 2. The first kappa shape index (κ1) is 43.8. The second-order valence-electron chi connectivity index (χ2n) is 16.9. The summed E-state index contributed by atoms with van der Waals surface area (Å²) in [6.45, 7) is 3.22. The predicted octanol–water partition coefficient (Wildman–Crippen LogP) is 8.59. The van der Waals surface area contributed by atoms with Crippen LogP contribution in [0.5, 0.6) is 0 Å². The van der Waals surface area contributed by atoms with Crippen LogP contribution in [0.25, 0.3) is 27.4 Å². The van der Waals surface area contributed by atoms with Gasteiger partial charge in [-0.1, -0.05) is 36.8 Å². The van der Waals surface area contributed by atoms with Gasteiger partial charge in [0, 0.05) is 125 Å². The number of aromatic nitrogens is 1. The van der Waals surface area contributed by atoms with Crippen molar-refractivity contribution in [2.24, 2.45) is 0 Å². The van der Waals surface area contributed by atoms with Crippen LogP contribution in [0.2, 0.25) is 0 Å². The zero-order valence-corrected chi connectivity index (χ0v) is 37.8. The molecule has 3 N–H and O–H groups in total. The lowest BCUT2D eigenvalue weighted by molar-refractivity contribution is -0.754. The molecule has 3 heterocycles. The third-order valence-electron chi connectivity index (χ3n) is 12.1. The van der Waals surface area contributed by atoms with Gasteiger partial charge in [0.1, 0.15) is 6.54 Å². The minimum Gasteiger partial charge on any atom is -0.377 e. The number of hydrogen-bond acceptors (Lipinski definition) is 6. The van der Waals surface area contributed by atoms with Crippen molar-refractivity contribution in [2.45, 2.75) is 82.1 Å². The van der Waals surface area contributed by atoms with Crippen molar-refractivity contribution in [1.82, 2.24) is 10.6 Å². The van der Waals surface area contributed by atoms with Crippen molar-refractivity contribution in [3.63, 3.8) is 0 Å². The normalized spacial score (nSPS) is 15.6. The summed E-state index contributed by atoms with van der Waals surface area (Å²) in [7, 11) is 10.6. The van der Waals surface area contributed by atoms with E-state index in [-0.39, 0.29) is 11.8 Å². The van der Waals surface area contributed by atoms with Gasteiger partial charge in [0.05, 0.1) is 17.5 Å². The largest absolute Gasteiger partial charge is 0.377 e. The molecule has 7 rings (SSSR count). The number of para-hydroxylation sites is 2. The fourth-order valence-corrected chi connectivity index (χ4v) is 9.77. The van der Waals surface area contributed by atoms with E-state index in [9.17, 15) is 9.59 Å². The molecule has 2 aliphatic rings. The molecule has 5 aromatic rings. The van der Waals surface area contributed by atoms with E-state index in [1.165, 1.54) is 70.5 Å². The standard InChI is InChI=1S/C51H63N7O2S/c1-54(2)40-27-25-38-35-39-26-28-41(55(3)4)37-47(39)58(46(38)36-40)33-18-7-10-24-50(60)53-31-16-8-15-30-52-49(59)23-9-6-17-32-57-34-29-43(42-19-11-12-20-44(42)57)51-56(5)45-21-13-14-22-48(45)61-51/h11-14,19-22,25-29,34-37H,6-10,15-18,23-24,30-33H2,1-5H3,(H-,52,53,59,60)/p+2/b51-43+. The second-order valence-corrected chi connectivity index (χ2v) is 18.0.